The third-order valence-corrected chi connectivity index (χ3v) is 5.66. The van der Waals surface area contributed by atoms with Crippen molar-refractivity contribution in [1.29, 1.82) is 0 Å². The molecule has 1 amide bonds. The third kappa shape index (κ3) is 3.35. The van der Waals surface area contributed by atoms with Crippen LogP contribution in [0.15, 0.2) is 28.7 Å². The number of likely N-dealkylation sites (N-methyl/N-ethyl adjacent to an activating group) is 1. The van der Waals surface area contributed by atoms with E-state index in [2.05, 4.69) is 15.9 Å². The molecule has 2 aromatic rings. The average Bonchev–Trinajstić information content (AvgIpc) is 2.71. The van der Waals surface area contributed by atoms with Gasteiger partial charge in [0.05, 0.1) is 31.8 Å². The summed E-state index contributed by atoms with van der Waals surface area (Å²) in [7, 11) is 5.81. The highest BCUT2D eigenvalue weighted by molar-refractivity contribution is 9.10. The minimum Gasteiger partial charge on any atom is -0.503 e. The van der Waals surface area contributed by atoms with Gasteiger partial charge in [-0.05, 0) is 51.3 Å². The summed E-state index contributed by atoms with van der Waals surface area (Å²) in [5.41, 5.74) is 1.06. The number of carbonyl (C=O) groups excluding carboxylic acids is 1. The van der Waals surface area contributed by atoms with Crippen LogP contribution in [0.5, 0.6) is 23.0 Å². The molecule has 0 unspecified atom stereocenters. The van der Waals surface area contributed by atoms with Crippen molar-refractivity contribution in [2.24, 2.45) is 0 Å². The molecule has 2 N–H and O–H groups in total. The van der Waals surface area contributed by atoms with Crippen LogP contribution in [0.4, 0.5) is 0 Å². The van der Waals surface area contributed by atoms with Gasteiger partial charge in [0, 0.05) is 12.6 Å². The van der Waals surface area contributed by atoms with E-state index in [1.165, 1.54) is 51.5 Å². The molecule has 8 nitrogen and oxygen atoms in total. The zero-order valence-electron chi connectivity index (χ0n) is 16.2. The largest absolute Gasteiger partial charge is 0.503 e. The van der Waals surface area contributed by atoms with E-state index in [0.29, 0.717) is 27.1 Å². The molecule has 0 saturated carbocycles. The number of aromatic hydroxyl groups is 1. The maximum absolute atomic E-state index is 13.1. The summed E-state index contributed by atoms with van der Waals surface area (Å²) in [6.45, 7) is 0. The van der Waals surface area contributed by atoms with Gasteiger partial charge in [0.1, 0.15) is 5.92 Å². The van der Waals surface area contributed by atoms with E-state index in [0.717, 1.165) is 0 Å². The van der Waals surface area contributed by atoms with Gasteiger partial charge in [-0.3, -0.25) is 9.59 Å². The Labute approximate surface area is 175 Å². The van der Waals surface area contributed by atoms with Crippen molar-refractivity contribution in [3.05, 3.63) is 45.4 Å². The standard InChI is InChI=1S/C20H20BrNO7/c1-22-17(9-5-12(21)18(23)15(6-9)29-4)16(20(25)26)10-7-13(27-2)14(28-3)8-11(10)19(22)24/h5-8,16-17,23H,1-4H3,(H,25,26)/t16-,17+/m1/s1. The van der Waals surface area contributed by atoms with Crippen molar-refractivity contribution in [2.45, 2.75) is 12.0 Å². The molecule has 0 radical (unpaired) electrons. The number of phenols is 1. The summed E-state index contributed by atoms with van der Waals surface area (Å²) in [5, 5.41) is 20.2. The Morgan fingerprint density at radius 1 is 1.03 bits per heavy atom. The molecular formula is C20H20BrNO7. The van der Waals surface area contributed by atoms with E-state index < -0.39 is 17.9 Å². The van der Waals surface area contributed by atoms with E-state index in [4.69, 9.17) is 14.2 Å². The van der Waals surface area contributed by atoms with Crippen molar-refractivity contribution in [1.82, 2.24) is 4.90 Å². The normalized spacial score (nSPS) is 18.2. The second-order valence-electron chi connectivity index (χ2n) is 6.52. The average molecular weight is 466 g/mol. The number of benzene rings is 2. The van der Waals surface area contributed by atoms with Crippen molar-refractivity contribution in [3.63, 3.8) is 0 Å². The number of rotatable bonds is 5. The van der Waals surface area contributed by atoms with Gasteiger partial charge in [0.15, 0.2) is 23.0 Å². The monoisotopic (exact) mass is 465 g/mol. The van der Waals surface area contributed by atoms with Gasteiger partial charge >= 0.3 is 5.97 Å². The molecule has 9 heteroatoms. The summed E-state index contributed by atoms with van der Waals surface area (Å²) in [6, 6.07) is 5.28. The number of amides is 1. The first-order valence-corrected chi connectivity index (χ1v) is 9.36. The molecule has 29 heavy (non-hydrogen) atoms. The molecule has 2 aromatic carbocycles. The molecule has 0 fully saturated rings. The van der Waals surface area contributed by atoms with Gasteiger partial charge < -0.3 is 29.3 Å². The number of carbonyl (C=O) groups is 2. The van der Waals surface area contributed by atoms with Crippen LogP contribution in [0.3, 0.4) is 0 Å². The van der Waals surface area contributed by atoms with Crippen LogP contribution in [0, 0.1) is 0 Å². The van der Waals surface area contributed by atoms with Crippen LogP contribution in [0.1, 0.15) is 33.4 Å². The fraction of sp³-hybridized carbons (Fsp3) is 0.300. The van der Waals surface area contributed by atoms with Crippen molar-refractivity contribution in [3.8, 4) is 23.0 Å². The number of carboxylic acids is 1. The fourth-order valence-corrected chi connectivity index (χ4v) is 4.11. The van der Waals surface area contributed by atoms with Gasteiger partial charge in [-0.15, -0.1) is 0 Å². The Bertz CT molecular complexity index is 991. The molecule has 2 atom stereocenters. The van der Waals surface area contributed by atoms with Crippen molar-refractivity contribution in [2.75, 3.05) is 28.4 Å². The van der Waals surface area contributed by atoms with Crippen LogP contribution in [0.2, 0.25) is 0 Å². The summed E-state index contributed by atoms with van der Waals surface area (Å²) >= 11 is 3.25. The lowest BCUT2D eigenvalue weighted by atomic mass is 9.79. The zero-order valence-corrected chi connectivity index (χ0v) is 17.8. The van der Waals surface area contributed by atoms with Crippen LogP contribution >= 0.6 is 15.9 Å². The van der Waals surface area contributed by atoms with Crippen LogP contribution in [0.25, 0.3) is 0 Å². The SMILES string of the molecule is COc1cc2c(cc1OC)[C@@H](C(=O)O)[C@H](c1cc(Br)c(O)c(OC)c1)N(C)C2=O. The number of carboxylic acid groups (broad SMARTS) is 1. The van der Waals surface area contributed by atoms with E-state index in [9.17, 15) is 19.8 Å². The Hall–Kier alpha value is -2.94. The summed E-state index contributed by atoms with van der Waals surface area (Å²) in [6.07, 6.45) is 0. The first-order valence-electron chi connectivity index (χ1n) is 8.57. The number of hydrogen-bond acceptors (Lipinski definition) is 6. The highest BCUT2D eigenvalue weighted by Gasteiger charge is 2.44. The molecule has 0 aromatic heterocycles. The molecular weight excluding hydrogens is 446 g/mol. The zero-order chi connectivity index (χ0) is 21.5. The Morgan fingerprint density at radius 3 is 2.17 bits per heavy atom. The fourth-order valence-electron chi connectivity index (χ4n) is 3.65. The maximum atomic E-state index is 13.1. The van der Waals surface area contributed by atoms with Gasteiger partial charge in [-0.1, -0.05) is 0 Å². The van der Waals surface area contributed by atoms with E-state index in [-0.39, 0.29) is 23.0 Å². The van der Waals surface area contributed by atoms with Crippen molar-refractivity contribution >= 4 is 27.8 Å². The Kier molecular flexibility index (Phi) is 5.61. The minimum absolute atomic E-state index is 0.111. The smallest absolute Gasteiger partial charge is 0.313 e. The molecule has 0 bridgehead atoms. The second kappa shape index (κ2) is 7.82. The topological polar surface area (TPSA) is 106 Å². The highest BCUT2D eigenvalue weighted by atomic mass is 79.9. The van der Waals surface area contributed by atoms with Gasteiger partial charge in [-0.2, -0.15) is 0 Å². The molecule has 1 aliphatic heterocycles. The number of nitrogens with zero attached hydrogens (tertiary/aromatic N) is 1. The quantitative estimate of drug-likeness (QED) is 0.698. The lowest BCUT2D eigenvalue weighted by Gasteiger charge is -2.39. The second-order valence-corrected chi connectivity index (χ2v) is 7.38. The summed E-state index contributed by atoms with van der Waals surface area (Å²) < 4.78 is 16.1. The molecule has 0 saturated heterocycles. The van der Waals surface area contributed by atoms with Crippen LogP contribution in [-0.2, 0) is 4.79 Å². The number of phenolic OH excluding ortho intramolecular Hbond substituents is 1. The van der Waals surface area contributed by atoms with Crippen LogP contribution < -0.4 is 14.2 Å². The molecule has 0 aliphatic carbocycles. The molecule has 3 rings (SSSR count). The van der Waals surface area contributed by atoms with Gasteiger partial charge in [-0.25, -0.2) is 0 Å². The van der Waals surface area contributed by atoms with Crippen LogP contribution in [-0.4, -0.2) is 55.4 Å². The number of halogens is 1. The van der Waals surface area contributed by atoms with Crippen molar-refractivity contribution < 1.29 is 34.0 Å². The minimum atomic E-state index is -1.11. The van der Waals surface area contributed by atoms with Gasteiger partial charge in [0.2, 0.25) is 0 Å². The highest BCUT2D eigenvalue weighted by Crippen LogP contribution is 2.47. The number of ether oxygens (including phenoxy) is 3. The van der Waals surface area contributed by atoms with E-state index >= 15 is 0 Å². The summed E-state index contributed by atoms with van der Waals surface area (Å²) in [4.78, 5) is 26.8. The van der Waals surface area contributed by atoms with E-state index in [1.54, 1.807) is 6.07 Å². The number of methoxy groups -OCH3 is 3. The molecule has 1 heterocycles. The number of aliphatic carboxylic acids is 1. The lowest BCUT2D eigenvalue weighted by Crippen LogP contribution is -2.42. The third-order valence-electron chi connectivity index (χ3n) is 5.05. The predicted molar refractivity (Wildman–Crippen MR) is 107 cm³/mol. The molecule has 0 spiro atoms. The Morgan fingerprint density at radius 2 is 1.62 bits per heavy atom. The Balaban J connectivity index is 2.27. The molecule has 1 aliphatic rings. The predicted octanol–water partition coefficient (Wildman–Crippen LogP) is 3.18. The first kappa shape index (κ1) is 20.8. The maximum Gasteiger partial charge on any atom is 0.313 e. The summed E-state index contributed by atoms with van der Waals surface area (Å²) in [5.74, 6) is -1.81. The van der Waals surface area contributed by atoms with Gasteiger partial charge in [0.25, 0.3) is 5.91 Å². The molecule has 154 valence electrons. The number of fused-ring (bicyclic) bond motifs is 1. The number of hydrogen-bond donors (Lipinski definition) is 2. The lowest BCUT2D eigenvalue weighted by molar-refractivity contribution is -0.140. The first-order chi connectivity index (χ1) is 13.7. The van der Waals surface area contributed by atoms with E-state index in [1.807, 2.05) is 0 Å².